The summed E-state index contributed by atoms with van der Waals surface area (Å²) < 4.78 is 42.0. The highest BCUT2D eigenvalue weighted by Gasteiger charge is 2.31. The largest absolute Gasteiger partial charge is 0.416 e. The summed E-state index contributed by atoms with van der Waals surface area (Å²) in [7, 11) is 1.85. The lowest BCUT2D eigenvalue weighted by molar-refractivity contribution is -0.137. The van der Waals surface area contributed by atoms with Gasteiger partial charge in [0, 0.05) is 36.8 Å². The molecule has 4 aromatic rings. The third-order valence-corrected chi connectivity index (χ3v) is 5.72. The highest BCUT2D eigenvalue weighted by Crippen LogP contribution is 2.37. The molecule has 4 rings (SSSR count). The lowest BCUT2D eigenvalue weighted by atomic mass is 10.0. The highest BCUT2D eigenvalue weighted by atomic mass is 19.4. The molecule has 1 unspecified atom stereocenters. The van der Waals surface area contributed by atoms with Crippen LogP contribution >= 0.6 is 0 Å². The first kappa shape index (κ1) is 23.5. The van der Waals surface area contributed by atoms with E-state index in [1.807, 2.05) is 61.0 Å². The van der Waals surface area contributed by atoms with Crippen LogP contribution in [0.25, 0.3) is 22.5 Å². The van der Waals surface area contributed by atoms with E-state index in [-0.39, 0.29) is 6.04 Å². The van der Waals surface area contributed by atoms with E-state index in [4.69, 9.17) is 5.73 Å². The van der Waals surface area contributed by atoms with Crippen molar-refractivity contribution >= 4 is 5.82 Å². The van der Waals surface area contributed by atoms with Gasteiger partial charge in [-0.3, -0.25) is 0 Å². The number of imidazole rings is 1. The zero-order chi connectivity index (χ0) is 24.3. The Morgan fingerprint density at radius 1 is 1.00 bits per heavy atom. The Morgan fingerprint density at radius 2 is 1.76 bits per heavy atom. The van der Waals surface area contributed by atoms with Crippen LogP contribution in [0.2, 0.25) is 0 Å². The van der Waals surface area contributed by atoms with E-state index in [0.717, 1.165) is 23.3 Å². The normalized spacial score (nSPS) is 12.5. The van der Waals surface area contributed by atoms with Crippen molar-refractivity contribution in [3.63, 3.8) is 0 Å². The molecule has 0 aliphatic heterocycles. The Balaban J connectivity index is 1.77. The molecule has 0 amide bonds. The third-order valence-electron chi connectivity index (χ3n) is 5.72. The lowest BCUT2D eigenvalue weighted by Crippen LogP contribution is -2.09. The molecule has 0 aliphatic rings. The summed E-state index contributed by atoms with van der Waals surface area (Å²) >= 11 is 0. The molecule has 34 heavy (non-hydrogen) atoms. The van der Waals surface area contributed by atoms with Crippen LogP contribution in [-0.2, 0) is 19.6 Å². The summed E-state index contributed by atoms with van der Waals surface area (Å²) in [5.41, 5.74) is 8.54. The van der Waals surface area contributed by atoms with E-state index in [9.17, 15) is 13.2 Å². The van der Waals surface area contributed by atoms with E-state index in [1.54, 1.807) is 12.3 Å². The Morgan fingerprint density at radius 3 is 2.47 bits per heavy atom. The van der Waals surface area contributed by atoms with Crippen molar-refractivity contribution in [2.75, 3.05) is 11.9 Å². The van der Waals surface area contributed by atoms with Gasteiger partial charge >= 0.3 is 6.18 Å². The van der Waals surface area contributed by atoms with Gasteiger partial charge in [-0.25, -0.2) is 9.97 Å². The van der Waals surface area contributed by atoms with Crippen LogP contribution in [0.4, 0.5) is 19.0 Å². The summed E-state index contributed by atoms with van der Waals surface area (Å²) in [4.78, 5) is 9.12. The second-order valence-electron chi connectivity index (χ2n) is 8.11. The van der Waals surface area contributed by atoms with Crippen molar-refractivity contribution in [3.8, 4) is 22.5 Å². The predicted molar refractivity (Wildman–Crippen MR) is 128 cm³/mol. The monoisotopic (exact) mass is 465 g/mol. The molecule has 2 heterocycles. The van der Waals surface area contributed by atoms with Crippen molar-refractivity contribution in [2.24, 2.45) is 12.8 Å². The van der Waals surface area contributed by atoms with Crippen molar-refractivity contribution in [2.45, 2.75) is 25.6 Å². The number of aromatic nitrogens is 3. The van der Waals surface area contributed by atoms with Crippen LogP contribution in [0, 0.1) is 0 Å². The Labute approximate surface area is 196 Å². The van der Waals surface area contributed by atoms with Crippen LogP contribution in [0.15, 0.2) is 72.9 Å². The topological polar surface area (TPSA) is 68.8 Å². The number of alkyl halides is 3. The van der Waals surface area contributed by atoms with E-state index in [2.05, 4.69) is 15.3 Å². The van der Waals surface area contributed by atoms with Gasteiger partial charge in [-0.1, -0.05) is 42.5 Å². The molecule has 5 nitrogen and oxygen atoms in total. The number of halogens is 3. The second-order valence-corrected chi connectivity index (χ2v) is 8.11. The minimum Gasteiger partial charge on any atom is -0.364 e. The van der Waals surface area contributed by atoms with Crippen LogP contribution in [0.1, 0.15) is 29.9 Å². The first-order chi connectivity index (χ1) is 16.3. The molecule has 0 saturated heterocycles. The van der Waals surface area contributed by atoms with Crippen LogP contribution in [0.5, 0.6) is 0 Å². The molecule has 0 spiro atoms. The Bertz CT molecular complexity index is 1270. The fraction of sp³-hybridized carbons (Fsp3) is 0.231. The van der Waals surface area contributed by atoms with Crippen molar-refractivity contribution < 1.29 is 13.2 Å². The minimum atomic E-state index is -4.44. The van der Waals surface area contributed by atoms with Gasteiger partial charge in [0.2, 0.25) is 0 Å². The van der Waals surface area contributed by atoms with Gasteiger partial charge in [0.25, 0.3) is 0 Å². The number of nitrogens with two attached hydrogens (primary N) is 1. The van der Waals surface area contributed by atoms with Crippen LogP contribution in [0.3, 0.4) is 0 Å². The first-order valence-corrected chi connectivity index (χ1v) is 11.0. The zero-order valence-corrected chi connectivity index (χ0v) is 19.0. The van der Waals surface area contributed by atoms with Crippen molar-refractivity contribution in [1.82, 2.24) is 14.5 Å². The number of nitrogens with one attached hydrogen (secondary N) is 1. The number of pyridine rings is 1. The molecule has 2 aromatic carbocycles. The van der Waals surface area contributed by atoms with Gasteiger partial charge in [-0.2, -0.15) is 13.2 Å². The molecule has 2 aromatic heterocycles. The fourth-order valence-electron chi connectivity index (χ4n) is 3.98. The maximum absolute atomic E-state index is 13.4. The van der Waals surface area contributed by atoms with Gasteiger partial charge in [0.15, 0.2) is 0 Å². The number of hydrogen-bond acceptors (Lipinski definition) is 4. The Hall–Kier alpha value is -3.65. The first-order valence-electron chi connectivity index (χ1n) is 11.0. The minimum absolute atomic E-state index is 0.0197. The third kappa shape index (κ3) is 4.97. The molecule has 1 atom stereocenters. The van der Waals surface area contributed by atoms with Gasteiger partial charge in [-0.05, 0) is 43.3 Å². The summed E-state index contributed by atoms with van der Waals surface area (Å²) in [5.74, 6) is 1.36. The molecule has 176 valence electrons. The van der Waals surface area contributed by atoms with E-state index in [1.165, 1.54) is 6.07 Å². The lowest BCUT2D eigenvalue weighted by Gasteiger charge is -2.16. The summed E-state index contributed by atoms with van der Waals surface area (Å²) in [6.45, 7) is 2.42. The molecular weight excluding hydrogens is 439 g/mol. The molecule has 3 N–H and O–H groups in total. The Kier molecular flexibility index (Phi) is 6.70. The number of benzene rings is 2. The number of nitrogens with zero attached hydrogens (tertiary/aromatic N) is 3. The average molecular weight is 466 g/mol. The molecule has 0 saturated carbocycles. The second kappa shape index (κ2) is 9.69. The van der Waals surface area contributed by atoms with Crippen LogP contribution in [-0.4, -0.2) is 21.1 Å². The van der Waals surface area contributed by atoms with Crippen molar-refractivity contribution in [3.05, 3.63) is 89.9 Å². The smallest absolute Gasteiger partial charge is 0.364 e. The summed E-state index contributed by atoms with van der Waals surface area (Å²) in [5, 5.41) is 3.40. The quantitative estimate of drug-likeness (QED) is 0.360. The number of rotatable bonds is 7. The number of hydrogen-bond donors (Lipinski definition) is 2. The highest BCUT2D eigenvalue weighted by molar-refractivity contribution is 5.80. The molecule has 8 heteroatoms. The fourth-order valence-corrected chi connectivity index (χ4v) is 3.98. The van der Waals surface area contributed by atoms with Gasteiger partial charge in [0.05, 0.1) is 17.0 Å². The molecule has 0 bridgehead atoms. The van der Waals surface area contributed by atoms with E-state index >= 15 is 0 Å². The molecule has 0 fully saturated rings. The molecule has 0 radical (unpaired) electrons. The van der Waals surface area contributed by atoms with Crippen molar-refractivity contribution in [1.29, 1.82) is 0 Å². The maximum atomic E-state index is 13.4. The van der Waals surface area contributed by atoms with Crippen LogP contribution < -0.4 is 11.1 Å². The molecule has 0 aliphatic carbocycles. The SMILES string of the molecule is CC(Nc1cc(-c2c(-c3cccc(C(F)(F)F)c3)nc(CCN)n2C)ccn1)c1ccccc1. The summed E-state index contributed by atoms with van der Waals surface area (Å²) in [6.07, 6.45) is -2.25. The summed E-state index contributed by atoms with van der Waals surface area (Å²) in [6, 6.07) is 19.0. The maximum Gasteiger partial charge on any atom is 0.416 e. The number of anilines is 1. The molecular formula is C26H26F3N5. The van der Waals surface area contributed by atoms with E-state index in [0.29, 0.717) is 41.6 Å². The van der Waals surface area contributed by atoms with Gasteiger partial charge < -0.3 is 15.6 Å². The predicted octanol–water partition coefficient (Wildman–Crippen LogP) is 5.84. The van der Waals surface area contributed by atoms with Gasteiger partial charge in [-0.15, -0.1) is 0 Å². The van der Waals surface area contributed by atoms with E-state index < -0.39 is 11.7 Å². The zero-order valence-electron chi connectivity index (χ0n) is 19.0. The van der Waals surface area contributed by atoms with Gasteiger partial charge in [0.1, 0.15) is 11.6 Å². The average Bonchev–Trinajstić information content (AvgIpc) is 3.15. The standard InChI is InChI=1S/C26H26F3N5/c1-17(18-7-4-3-5-8-18)32-22-16-20(12-14-31-22)25-24(33-23(11-13-30)34(25)2)19-9-6-10-21(15-19)26(27,28)29/h3-10,12,14-17H,11,13,30H2,1-2H3,(H,31,32).